The molecule has 2 N–H and O–H groups in total. The van der Waals surface area contributed by atoms with Gasteiger partial charge in [0.25, 0.3) is 5.69 Å². The maximum absolute atomic E-state index is 13.1. The molecule has 0 radical (unpaired) electrons. The third-order valence-corrected chi connectivity index (χ3v) is 4.73. The van der Waals surface area contributed by atoms with E-state index in [9.17, 15) is 24.8 Å². The van der Waals surface area contributed by atoms with Crippen LogP contribution in [0.1, 0.15) is 22.6 Å². The first-order chi connectivity index (χ1) is 14.5. The van der Waals surface area contributed by atoms with Gasteiger partial charge in [-0.25, -0.2) is 4.79 Å². The fraction of sp³-hybridized carbons (Fsp3) is 0.130. The van der Waals surface area contributed by atoms with Crippen LogP contribution in [0.2, 0.25) is 0 Å². The molecule has 0 heterocycles. The van der Waals surface area contributed by atoms with Crippen LogP contribution in [0.5, 0.6) is 0 Å². The second-order valence-electron chi connectivity index (χ2n) is 6.78. The summed E-state index contributed by atoms with van der Waals surface area (Å²) < 4.78 is 0. The Morgan fingerprint density at radius 3 is 1.80 bits per heavy atom. The van der Waals surface area contributed by atoms with Gasteiger partial charge in [0.05, 0.1) is 10.8 Å². The molecule has 30 heavy (non-hydrogen) atoms. The van der Waals surface area contributed by atoms with Gasteiger partial charge in [0.2, 0.25) is 5.91 Å². The number of carboxylic acid groups (broad SMARTS) is 1. The summed E-state index contributed by atoms with van der Waals surface area (Å²) in [6, 6.07) is 22.7. The molecule has 3 aromatic carbocycles. The molecule has 0 saturated carbocycles. The summed E-state index contributed by atoms with van der Waals surface area (Å²) in [5.41, 5.74) is 1.99. The molecule has 3 rings (SSSR count). The number of non-ortho nitro benzene ring substituents is 1. The number of nitrogens with one attached hydrogen (secondary N) is 1. The number of nitro benzene ring substituents is 1. The molecule has 0 aliphatic heterocycles. The Balaban J connectivity index is 1.83. The Kier molecular flexibility index (Phi) is 6.54. The molecule has 1 atom stereocenters. The minimum atomic E-state index is -1.18. The summed E-state index contributed by atoms with van der Waals surface area (Å²) in [6.07, 6.45) is 0.00929. The second-order valence-corrected chi connectivity index (χ2v) is 6.78. The predicted octanol–water partition coefficient (Wildman–Crippen LogP) is 3.54. The zero-order valence-corrected chi connectivity index (χ0v) is 16.0. The van der Waals surface area contributed by atoms with Crippen molar-refractivity contribution in [2.45, 2.75) is 18.4 Å². The molecular weight excluding hydrogens is 384 g/mol. The Morgan fingerprint density at radius 1 is 0.867 bits per heavy atom. The summed E-state index contributed by atoms with van der Waals surface area (Å²) in [5, 5.41) is 23.0. The maximum atomic E-state index is 13.1. The zero-order valence-electron chi connectivity index (χ0n) is 16.0. The maximum Gasteiger partial charge on any atom is 0.326 e. The van der Waals surface area contributed by atoms with Crippen LogP contribution in [0.15, 0.2) is 84.9 Å². The first kappa shape index (κ1) is 20.7. The van der Waals surface area contributed by atoms with E-state index < -0.39 is 28.8 Å². The largest absolute Gasteiger partial charge is 0.480 e. The quantitative estimate of drug-likeness (QED) is 0.441. The zero-order chi connectivity index (χ0) is 21.5. The van der Waals surface area contributed by atoms with Crippen LogP contribution in [0.4, 0.5) is 5.69 Å². The van der Waals surface area contributed by atoms with Crippen molar-refractivity contribution in [2.75, 3.05) is 0 Å². The standard InChI is InChI=1S/C23H20N2O5/c26-22(21(17-7-3-1-4-8-17)18-9-5-2-6-10-18)24-20(23(27)28)15-16-11-13-19(14-12-16)25(29)30/h1-14,20-21H,15H2,(H,24,26)(H,27,28)/t20-/m0/s1. The average molecular weight is 404 g/mol. The Labute approximate surface area is 173 Å². The van der Waals surface area contributed by atoms with Gasteiger partial charge < -0.3 is 10.4 Å². The van der Waals surface area contributed by atoms with E-state index >= 15 is 0 Å². The smallest absolute Gasteiger partial charge is 0.326 e. The molecule has 0 spiro atoms. The fourth-order valence-electron chi connectivity index (χ4n) is 3.23. The van der Waals surface area contributed by atoms with E-state index in [2.05, 4.69) is 5.32 Å². The van der Waals surface area contributed by atoms with Gasteiger partial charge in [-0.15, -0.1) is 0 Å². The highest BCUT2D eigenvalue weighted by atomic mass is 16.6. The van der Waals surface area contributed by atoms with Crippen molar-refractivity contribution in [2.24, 2.45) is 0 Å². The lowest BCUT2D eigenvalue weighted by atomic mass is 9.90. The number of hydrogen-bond donors (Lipinski definition) is 2. The molecule has 0 fully saturated rings. The molecule has 3 aromatic rings. The number of rotatable bonds is 8. The number of hydrogen-bond acceptors (Lipinski definition) is 4. The Hall–Kier alpha value is -4.00. The SMILES string of the molecule is O=C(N[C@@H](Cc1ccc([N+](=O)[O-])cc1)C(=O)O)C(c1ccccc1)c1ccccc1. The van der Waals surface area contributed by atoms with E-state index in [1.54, 1.807) is 0 Å². The van der Waals surface area contributed by atoms with Crippen LogP contribution in [0, 0.1) is 10.1 Å². The van der Waals surface area contributed by atoms with E-state index in [-0.39, 0.29) is 12.1 Å². The third kappa shape index (κ3) is 5.08. The topological polar surface area (TPSA) is 110 Å². The van der Waals surface area contributed by atoms with Crippen molar-refractivity contribution in [1.82, 2.24) is 5.32 Å². The number of benzene rings is 3. The molecule has 152 valence electrons. The van der Waals surface area contributed by atoms with Crippen LogP contribution in [-0.4, -0.2) is 27.9 Å². The summed E-state index contributed by atoms with van der Waals surface area (Å²) in [4.78, 5) is 35.2. The summed E-state index contributed by atoms with van der Waals surface area (Å²) in [5.74, 6) is -2.27. The lowest BCUT2D eigenvalue weighted by Gasteiger charge is -2.21. The molecule has 7 nitrogen and oxygen atoms in total. The van der Waals surface area contributed by atoms with Crippen LogP contribution >= 0.6 is 0 Å². The number of carbonyl (C=O) groups excluding carboxylic acids is 1. The first-order valence-electron chi connectivity index (χ1n) is 9.32. The number of carbonyl (C=O) groups is 2. The van der Waals surface area contributed by atoms with E-state index in [1.165, 1.54) is 24.3 Å². The van der Waals surface area contributed by atoms with Crippen molar-refractivity contribution >= 4 is 17.6 Å². The Bertz CT molecular complexity index is 981. The number of nitrogens with zero attached hydrogens (tertiary/aromatic N) is 1. The van der Waals surface area contributed by atoms with Crippen molar-refractivity contribution in [3.8, 4) is 0 Å². The molecular formula is C23H20N2O5. The van der Waals surface area contributed by atoms with Crippen molar-refractivity contribution in [3.05, 3.63) is 112 Å². The van der Waals surface area contributed by atoms with Crippen molar-refractivity contribution < 1.29 is 19.6 Å². The molecule has 0 bridgehead atoms. The summed E-state index contributed by atoms with van der Waals surface area (Å²) >= 11 is 0. The molecule has 7 heteroatoms. The van der Waals surface area contributed by atoms with Gasteiger partial charge in [-0.2, -0.15) is 0 Å². The van der Waals surface area contributed by atoms with Crippen molar-refractivity contribution in [3.63, 3.8) is 0 Å². The highest BCUT2D eigenvalue weighted by molar-refractivity contribution is 5.90. The van der Waals surface area contributed by atoms with Crippen LogP contribution in [-0.2, 0) is 16.0 Å². The van der Waals surface area contributed by atoms with E-state index in [0.717, 1.165) is 11.1 Å². The predicted molar refractivity (Wildman–Crippen MR) is 111 cm³/mol. The molecule has 1 amide bonds. The Morgan fingerprint density at radius 2 is 1.37 bits per heavy atom. The molecule has 0 aliphatic carbocycles. The molecule has 0 saturated heterocycles. The van der Waals surface area contributed by atoms with Crippen LogP contribution in [0.25, 0.3) is 0 Å². The fourth-order valence-corrected chi connectivity index (χ4v) is 3.23. The van der Waals surface area contributed by atoms with Gasteiger partial charge in [0.1, 0.15) is 6.04 Å². The normalized spacial score (nSPS) is 11.6. The van der Waals surface area contributed by atoms with Gasteiger partial charge in [-0.05, 0) is 16.7 Å². The molecule has 0 unspecified atom stereocenters. The van der Waals surface area contributed by atoms with E-state index in [4.69, 9.17) is 0 Å². The van der Waals surface area contributed by atoms with Crippen molar-refractivity contribution in [1.29, 1.82) is 0 Å². The highest BCUT2D eigenvalue weighted by Gasteiger charge is 2.28. The number of nitro groups is 1. The van der Waals surface area contributed by atoms with Gasteiger partial charge in [-0.1, -0.05) is 72.8 Å². The first-order valence-corrected chi connectivity index (χ1v) is 9.32. The number of carboxylic acids is 1. The minimum Gasteiger partial charge on any atom is -0.480 e. The average Bonchev–Trinajstić information content (AvgIpc) is 2.75. The van der Waals surface area contributed by atoms with Crippen LogP contribution < -0.4 is 5.32 Å². The number of amides is 1. The molecule has 0 aromatic heterocycles. The summed E-state index contributed by atoms with van der Waals surface area (Å²) in [7, 11) is 0. The van der Waals surface area contributed by atoms with E-state index in [0.29, 0.717) is 5.56 Å². The second kappa shape index (κ2) is 9.47. The summed E-state index contributed by atoms with van der Waals surface area (Å²) in [6.45, 7) is 0. The van der Waals surface area contributed by atoms with Gasteiger partial charge in [0, 0.05) is 18.6 Å². The van der Waals surface area contributed by atoms with Gasteiger partial charge in [0.15, 0.2) is 0 Å². The number of aliphatic carboxylic acids is 1. The van der Waals surface area contributed by atoms with Gasteiger partial charge in [-0.3, -0.25) is 14.9 Å². The minimum absolute atomic E-state index is 0.00929. The monoisotopic (exact) mass is 404 g/mol. The lowest BCUT2D eigenvalue weighted by molar-refractivity contribution is -0.384. The third-order valence-electron chi connectivity index (χ3n) is 4.73. The lowest BCUT2D eigenvalue weighted by Crippen LogP contribution is -2.44. The molecule has 0 aliphatic rings. The highest BCUT2D eigenvalue weighted by Crippen LogP contribution is 2.25. The van der Waals surface area contributed by atoms with E-state index in [1.807, 2.05) is 60.7 Å². The van der Waals surface area contributed by atoms with Gasteiger partial charge >= 0.3 is 5.97 Å². The van der Waals surface area contributed by atoms with Crippen LogP contribution in [0.3, 0.4) is 0 Å².